The summed E-state index contributed by atoms with van der Waals surface area (Å²) in [4.78, 5) is 0. The summed E-state index contributed by atoms with van der Waals surface area (Å²) in [6.07, 6.45) is -0.381. The standard InChI is InChI=1S/C8H14ClNO2/c1-6(2-9)3-10-7-4-12-5-8(7)11/h2,7-8,10-11H,3-5H2,1H3/b6-2+/t7-,8-/m1/s1. The molecule has 0 spiro atoms. The van der Waals surface area contributed by atoms with Crippen molar-refractivity contribution >= 4 is 11.6 Å². The fraction of sp³-hybridized carbons (Fsp3) is 0.750. The Morgan fingerprint density at radius 3 is 3.00 bits per heavy atom. The van der Waals surface area contributed by atoms with Crippen molar-refractivity contribution < 1.29 is 9.84 Å². The lowest BCUT2D eigenvalue weighted by atomic mass is 10.2. The molecule has 2 atom stereocenters. The first-order valence-corrected chi connectivity index (χ1v) is 4.42. The number of aliphatic hydroxyl groups excluding tert-OH is 1. The van der Waals surface area contributed by atoms with Gasteiger partial charge in [0.2, 0.25) is 0 Å². The summed E-state index contributed by atoms with van der Waals surface area (Å²) >= 11 is 5.48. The van der Waals surface area contributed by atoms with Crippen LogP contribution in [0.1, 0.15) is 6.92 Å². The first kappa shape index (κ1) is 9.99. The van der Waals surface area contributed by atoms with Crippen LogP contribution in [-0.2, 0) is 4.74 Å². The van der Waals surface area contributed by atoms with Gasteiger partial charge in [-0.25, -0.2) is 0 Å². The second-order valence-electron chi connectivity index (χ2n) is 3.05. The lowest BCUT2D eigenvalue weighted by Gasteiger charge is -2.13. The van der Waals surface area contributed by atoms with Gasteiger partial charge in [-0.3, -0.25) is 0 Å². The van der Waals surface area contributed by atoms with Crippen LogP contribution in [0.25, 0.3) is 0 Å². The predicted octanol–water partition coefficient (Wildman–Crippen LogP) is 0.478. The van der Waals surface area contributed by atoms with E-state index in [4.69, 9.17) is 16.3 Å². The second-order valence-corrected chi connectivity index (χ2v) is 3.27. The number of aliphatic hydroxyl groups is 1. The number of hydrogen-bond donors (Lipinski definition) is 2. The Bertz CT molecular complexity index is 172. The smallest absolute Gasteiger partial charge is 0.0948 e. The van der Waals surface area contributed by atoms with Crippen molar-refractivity contribution in [3.8, 4) is 0 Å². The minimum absolute atomic E-state index is 0.0524. The van der Waals surface area contributed by atoms with Crippen molar-refractivity contribution in [1.29, 1.82) is 0 Å². The van der Waals surface area contributed by atoms with Crippen molar-refractivity contribution in [2.75, 3.05) is 19.8 Å². The molecule has 0 saturated carbocycles. The first-order valence-electron chi connectivity index (χ1n) is 3.99. The molecule has 0 aromatic rings. The van der Waals surface area contributed by atoms with Crippen LogP contribution in [0.15, 0.2) is 11.1 Å². The molecule has 1 aliphatic rings. The predicted molar refractivity (Wildman–Crippen MR) is 48.2 cm³/mol. The Kier molecular flexibility index (Phi) is 4.01. The topological polar surface area (TPSA) is 41.5 Å². The number of hydrogen-bond acceptors (Lipinski definition) is 3. The Labute approximate surface area is 77.4 Å². The number of halogens is 1. The molecule has 0 bridgehead atoms. The molecule has 70 valence electrons. The summed E-state index contributed by atoms with van der Waals surface area (Å²) in [6, 6.07) is 0.0524. The quantitative estimate of drug-likeness (QED) is 0.682. The highest BCUT2D eigenvalue weighted by Crippen LogP contribution is 2.05. The Morgan fingerprint density at radius 2 is 2.50 bits per heavy atom. The van der Waals surface area contributed by atoms with Crippen molar-refractivity contribution in [3.05, 3.63) is 11.1 Å². The van der Waals surface area contributed by atoms with Gasteiger partial charge in [0.1, 0.15) is 0 Å². The molecule has 1 rings (SSSR count). The maximum Gasteiger partial charge on any atom is 0.0948 e. The maximum absolute atomic E-state index is 9.33. The van der Waals surface area contributed by atoms with Crippen LogP contribution in [-0.4, -0.2) is 37.0 Å². The van der Waals surface area contributed by atoms with Gasteiger partial charge in [-0.15, -0.1) is 0 Å². The van der Waals surface area contributed by atoms with Gasteiger partial charge in [0, 0.05) is 12.1 Å². The van der Waals surface area contributed by atoms with Crippen molar-refractivity contribution in [3.63, 3.8) is 0 Å². The van der Waals surface area contributed by atoms with Gasteiger partial charge in [0.25, 0.3) is 0 Å². The lowest BCUT2D eigenvalue weighted by Crippen LogP contribution is -2.39. The molecule has 0 amide bonds. The zero-order valence-electron chi connectivity index (χ0n) is 7.09. The van der Waals surface area contributed by atoms with E-state index in [2.05, 4.69) is 5.32 Å². The summed E-state index contributed by atoms with van der Waals surface area (Å²) < 4.78 is 5.07. The zero-order valence-corrected chi connectivity index (χ0v) is 7.84. The number of ether oxygens (including phenoxy) is 1. The highest BCUT2D eigenvalue weighted by molar-refractivity contribution is 6.25. The van der Waals surface area contributed by atoms with Gasteiger partial charge in [-0.05, 0) is 12.5 Å². The van der Waals surface area contributed by atoms with Crippen molar-refractivity contribution in [1.82, 2.24) is 5.32 Å². The summed E-state index contributed by atoms with van der Waals surface area (Å²) in [5.41, 5.74) is 2.59. The Hall–Kier alpha value is -0.0900. The Morgan fingerprint density at radius 1 is 1.75 bits per heavy atom. The minimum atomic E-state index is -0.381. The van der Waals surface area contributed by atoms with E-state index in [0.717, 1.165) is 5.57 Å². The third-order valence-corrected chi connectivity index (χ3v) is 2.25. The van der Waals surface area contributed by atoms with E-state index in [9.17, 15) is 5.11 Å². The van der Waals surface area contributed by atoms with Crippen LogP contribution in [0.5, 0.6) is 0 Å². The van der Waals surface area contributed by atoms with Crippen LogP contribution >= 0.6 is 11.6 Å². The summed E-state index contributed by atoms with van der Waals surface area (Å²) in [7, 11) is 0. The average molecular weight is 192 g/mol. The summed E-state index contributed by atoms with van der Waals surface area (Å²) in [5.74, 6) is 0. The van der Waals surface area contributed by atoms with E-state index in [0.29, 0.717) is 19.8 Å². The molecule has 0 aliphatic carbocycles. The molecule has 1 aliphatic heterocycles. The highest BCUT2D eigenvalue weighted by Gasteiger charge is 2.25. The molecule has 2 N–H and O–H groups in total. The van der Waals surface area contributed by atoms with Crippen LogP contribution in [0.3, 0.4) is 0 Å². The van der Waals surface area contributed by atoms with E-state index in [-0.39, 0.29) is 12.1 Å². The summed E-state index contributed by atoms with van der Waals surface area (Å²) in [6.45, 7) is 3.65. The number of rotatable bonds is 3. The normalized spacial score (nSPS) is 31.1. The molecule has 0 aromatic heterocycles. The summed E-state index contributed by atoms with van der Waals surface area (Å²) in [5, 5.41) is 12.5. The van der Waals surface area contributed by atoms with Gasteiger partial charge in [0.05, 0.1) is 25.4 Å². The molecular formula is C8H14ClNO2. The monoisotopic (exact) mass is 191 g/mol. The van der Waals surface area contributed by atoms with E-state index < -0.39 is 0 Å². The third-order valence-electron chi connectivity index (χ3n) is 1.88. The number of nitrogens with one attached hydrogen (secondary N) is 1. The van der Waals surface area contributed by atoms with Gasteiger partial charge >= 0.3 is 0 Å². The van der Waals surface area contributed by atoms with Crippen molar-refractivity contribution in [2.24, 2.45) is 0 Å². The molecule has 12 heavy (non-hydrogen) atoms. The lowest BCUT2D eigenvalue weighted by molar-refractivity contribution is 0.122. The SMILES string of the molecule is C/C(=C\Cl)CN[C@@H]1COC[C@H]1O. The fourth-order valence-corrected chi connectivity index (χ4v) is 1.15. The molecule has 1 saturated heterocycles. The molecule has 4 heteroatoms. The molecule has 3 nitrogen and oxygen atoms in total. The van der Waals surface area contributed by atoms with Crippen LogP contribution < -0.4 is 5.32 Å². The Balaban J connectivity index is 2.22. The van der Waals surface area contributed by atoms with Gasteiger partial charge in [0.15, 0.2) is 0 Å². The van der Waals surface area contributed by atoms with Gasteiger partial charge in [-0.2, -0.15) is 0 Å². The van der Waals surface area contributed by atoms with E-state index in [1.54, 1.807) is 0 Å². The largest absolute Gasteiger partial charge is 0.389 e. The van der Waals surface area contributed by atoms with Crippen LogP contribution in [0, 0.1) is 0 Å². The fourth-order valence-electron chi connectivity index (χ4n) is 1.07. The molecule has 0 unspecified atom stereocenters. The van der Waals surface area contributed by atoms with Gasteiger partial charge in [-0.1, -0.05) is 11.6 Å². The second kappa shape index (κ2) is 4.82. The molecule has 1 fully saturated rings. The van der Waals surface area contributed by atoms with Crippen molar-refractivity contribution in [2.45, 2.75) is 19.1 Å². The van der Waals surface area contributed by atoms with Gasteiger partial charge < -0.3 is 15.2 Å². The zero-order chi connectivity index (χ0) is 8.97. The molecule has 0 radical (unpaired) electrons. The molecular weight excluding hydrogens is 178 g/mol. The average Bonchev–Trinajstić information content (AvgIpc) is 2.47. The third kappa shape index (κ3) is 2.75. The van der Waals surface area contributed by atoms with E-state index >= 15 is 0 Å². The van der Waals surface area contributed by atoms with Crippen LogP contribution in [0.4, 0.5) is 0 Å². The highest BCUT2D eigenvalue weighted by atomic mass is 35.5. The minimum Gasteiger partial charge on any atom is -0.389 e. The van der Waals surface area contributed by atoms with E-state index in [1.807, 2.05) is 6.92 Å². The molecule has 1 heterocycles. The maximum atomic E-state index is 9.33. The van der Waals surface area contributed by atoms with E-state index in [1.165, 1.54) is 5.54 Å². The molecule has 0 aromatic carbocycles. The van der Waals surface area contributed by atoms with Crippen LogP contribution in [0.2, 0.25) is 0 Å². The first-order chi connectivity index (χ1) is 5.74.